The minimum absolute atomic E-state index is 0.988. The van der Waals surface area contributed by atoms with Crippen LogP contribution < -0.4 is 0 Å². The minimum atomic E-state index is -0.988. The van der Waals surface area contributed by atoms with Gasteiger partial charge in [-0.05, 0) is 0 Å². The topological polar surface area (TPSA) is 0 Å². The summed E-state index contributed by atoms with van der Waals surface area (Å²) in [7, 11) is -0.988. The van der Waals surface area contributed by atoms with Gasteiger partial charge in [0.1, 0.15) is 0 Å². The van der Waals surface area contributed by atoms with Crippen molar-refractivity contribution in [1.82, 2.24) is 0 Å². The first-order valence-electron chi connectivity index (χ1n) is 12.7. The molecule has 1 heteroatoms. The van der Waals surface area contributed by atoms with Crippen LogP contribution >= 0.6 is 7.26 Å². The summed E-state index contributed by atoms with van der Waals surface area (Å²) < 4.78 is 0. The molecule has 0 aliphatic heterocycles. The summed E-state index contributed by atoms with van der Waals surface area (Å²) in [5.41, 5.74) is 0. The molecule has 0 unspecified atom stereocenters. The normalized spacial score (nSPS) is 12.6. The van der Waals surface area contributed by atoms with Crippen molar-refractivity contribution in [1.29, 1.82) is 0 Å². The Hall–Kier alpha value is 0.430. The van der Waals surface area contributed by atoms with Gasteiger partial charge in [0.15, 0.2) is 0 Å². The maximum atomic E-state index is 2.37. The predicted octanol–water partition coefficient (Wildman–Crippen LogP) is 9.45. The maximum absolute atomic E-state index is 2.37. The molecule has 0 atom stereocenters. The van der Waals surface area contributed by atoms with E-state index < -0.39 is 7.26 Å². The quantitative estimate of drug-likeness (QED) is 0.136. The van der Waals surface area contributed by atoms with Crippen LogP contribution in [-0.4, -0.2) is 24.6 Å². The molecular weight excluding hydrogens is 331 g/mol. The van der Waals surface area contributed by atoms with Crippen LogP contribution in [0.25, 0.3) is 0 Å². The average Bonchev–Trinajstić information content (AvgIpc) is 2.64. The van der Waals surface area contributed by atoms with E-state index in [1.807, 2.05) is 0 Å². The molecule has 0 nitrogen and oxygen atoms in total. The van der Waals surface area contributed by atoms with E-state index in [1.165, 1.54) is 103 Å². The number of unbranched alkanes of at least 4 members (excludes halogenated alkanes) is 13. The van der Waals surface area contributed by atoms with E-state index in [0.29, 0.717) is 0 Å². The van der Waals surface area contributed by atoms with Crippen LogP contribution in [-0.2, 0) is 0 Å². The number of rotatable bonds is 21. The summed E-state index contributed by atoms with van der Waals surface area (Å²) in [5, 5.41) is 0. The Balaban J connectivity index is 4.38. The molecule has 0 bridgehead atoms. The third-order valence-corrected chi connectivity index (χ3v) is 12.1. The Kier molecular flexibility index (Phi) is 20.5. The molecule has 0 aromatic heterocycles. The van der Waals surface area contributed by atoms with Gasteiger partial charge in [-0.15, -0.1) is 0 Å². The van der Waals surface area contributed by atoms with Gasteiger partial charge in [-0.2, -0.15) is 0 Å². The Morgan fingerprint density at radius 3 is 0.885 bits per heavy atom. The summed E-state index contributed by atoms with van der Waals surface area (Å²) in [6.45, 7) is 9.43. The molecule has 0 aromatic carbocycles. The average molecular weight is 387 g/mol. The predicted molar refractivity (Wildman–Crippen MR) is 129 cm³/mol. The van der Waals surface area contributed by atoms with Crippen molar-refractivity contribution in [2.75, 3.05) is 24.6 Å². The van der Waals surface area contributed by atoms with Crippen LogP contribution in [0.3, 0.4) is 0 Å². The van der Waals surface area contributed by atoms with E-state index in [0.717, 1.165) is 0 Å². The first-order chi connectivity index (χ1) is 12.7. The zero-order valence-electron chi connectivity index (χ0n) is 19.3. The van der Waals surface area contributed by atoms with Gasteiger partial charge in [-0.3, -0.25) is 0 Å². The molecule has 0 aliphatic rings. The second kappa shape index (κ2) is 20.2. The SMILES string of the molecule is CCCCCCCCCC[PH](CCCCC)(CCCCC)CCCCC. The van der Waals surface area contributed by atoms with E-state index in [1.54, 1.807) is 31.1 Å². The summed E-state index contributed by atoms with van der Waals surface area (Å²) in [6, 6.07) is 0. The van der Waals surface area contributed by atoms with Gasteiger partial charge in [-0.25, -0.2) is 0 Å². The molecule has 0 radical (unpaired) electrons. The van der Waals surface area contributed by atoms with Gasteiger partial charge >= 0.3 is 169 Å². The molecule has 0 spiro atoms. The molecule has 160 valence electrons. The van der Waals surface area contributed by atoms with Crippen LogP contribution in [0.1, 0.15) is 137 Å². The van der Waals surface area contributed by atoms with Crippen molar-refractivity contribution in [2.24, 2.45) is 0 Å². The molecule has 0 amide bonds. The number of hydrogen-bond acceptors (Lipinski definition) is 0. The van der Waals surface area contributed by atoms with Crippen molar-refractivity contribution in [3.05, 3.63) is 0 Å². The fourth-order valence-electron chi connectivity index (χ4n) is 4.63. The monoisotopic (exact) mass is 386 g/mol. The summed E-state index contributed by atoms with van der Waals surface area (Å²) in [4.78, 5) is 0. The van der Waals surface area contributed by atoms with Crippen LogP contribution in [0.15, 0.2) is 0 Å². The zero-order valence-corrected chi connectivity index (χ0v) is 20.3. The molecule has 0 saturated carbocycles. The van der Waals surface area contributed by atoms with E-state index in [-0.39, 0.29) is 0 Å². The molecule has 0 N–H and O–H groups in total. The van der Waals surface area contributed by atoms with Crippen LogP contribution in [0.2, 0.25) is 0 Å². The molecule has 0 rings (SSSR count). The van der Waals surface area contributed by atoms with E-state index >= 15 is 0 Å². The van der Waals surface area contributed by atoms with Gasteiger partial charge in [0.2, 0.25) is 0 Å². The Morgan fingerprint density at radius 2 is 0.538 bits per heavy atom. The van der Waals surface area contributed by atoms with Gasteiger partial charge in [0.05, 0.1) is 0 Å². The van der Waals surface area contributed by atoms with Crippen LogP contribution in [0.4, 0.5) is 0 Å². The summed E-state index contributed by atoms with van der Waals surface area (Å²) >= 11 is 0. The zero-order chi connectivity index (χ0) is 19.3. The fourth-order valence-corrected chi connectivity index (χ4v) is 10.1. The van der Waals surface area contributed by atoms with E-state index in [2.05, 4.69) is 27.7 Å². The Bertz CT molecular complexity index is 234. The Morgan fingerprint density at radius 1 is 0.308 bits per heavy atom. The molecule has 0 fully saturated rings. The van der Waals surface area contributed by atoms with Crippen molar-refractivity contribution < 1.29 is 0 Å². The fraction of sp³-hybridized carbons (Fsp3) is 1.00. The molecule has 0 aromatic rings. The van der Waals surface area contributed by atoms with Gasteiger partial charge < -0.3 is 0 Å². The van der Waals surface area contributed by atoms with Crippen molar-refractivity contribution in [3.63, 3.8) is 0 Å². The number of hydrogen-bond donors (Lipinski definition) is 0. The summed E-state index contributed by atoms with van der Waals surface area (Å²) in [6.07, 6.45) is 31.8. The van der Waals surface area contributed by atoms with Crippen molar-refractivity contribution in [2.45, 2.75) is 137 Å². The van der Waals surface area contributed by atoms with Gasteiger partial charge in [-0.1, -0.05) is 0 Å². The summed E-state index contributed by atoms with van der Waals surface area (Å²) in [5.74, 6) is 0. The molecule has 0 aliphatic carbocycles. The van der Waals surface area contributed by atoms with Gasteiger partial charge in [0, 0.05) is 0 Å². The molecular formula is C25H55P. The second-order valence-corrected chi connectivity index (χ2v) is 14.1. The first kappa shape index (κ1) is 26.4. The molecule has 26 heavy (non-hydrogen) atoms. The third-order valence-electron chi connectivity index (χ3n) is 6.49. The Labute approximate surface area is 169 Å². The molecule has 0 saturated heterocycles. The molecule has 0 heterocycles. The van der Waals surface area contributed by atoms with Gasteiger partial charge in [0.25, 0.3) is 0 Å². The first-order valence-corrected chi connectivity index (χ1v) is 15.6. The second-order valence-electron chi connectivity index (χ2n) is 9.10. The van der Waals surface area contributed by atoms with E-state index in [4.69, 9.17) is 0 Å². The standard InChI is InChI=1S/C25H55P/c1-5-9-13-14-15-16-17-21-25-26(22-18-10-6-2,23-19-11-7-3)24-20-12-8-4/h26H,5-25H2,1-4H3. The van der Waals surface area contributed by atoms with Crippen molar-refractivity contribution >= 4 is 7.26 Å². The third kappa shape index (κ3) is 15.5. The van der Waals surface area contributed by atoms with E-state index in [9.17, 15) is 0 Å². The van der Waals surface area contributed by atoms with Crippen LogP contribution in [0, 0.1) is 0 Å². The van der Waals surface area contributed by atoms with Crippen LogP contribution in [0.5, 0.6) is 0 Å². The van der Waals surface area contributed by atoms with Crippen molar-refractivity contribution in [3.8, 4) is 0 Å².